The lowest BCUT2D eigenvalue weighted by Crippen LogP contribution is -2.44. The number of rotatable bonds is 4. The van der Waals surface area contributed by atoms with E-state index in [0.717, 1.165) is 38.4 Å². The fourth-order valence-electron chi connectivity index (χ4n) is 2.69. The highest BCUT2D eigenvalue weighted by Gasteiger charge is 2.37. The molecule has 2 fully saturated rings. The van der Waals surface area contributed by atoms with E-state index < -0.39 is 9.84 Å². The standard InChI is InChI=1S/C11H22N2O2S/c1-11(4-7-16(14,15)9-11)13-6-3-10-2-5-12-8-10/h10,12-13H,2-9H2,1H3. The molecule has 94 valence electrons. The van der Waals surface area contributed by atoms with Crippen molar-refractivity contribution in [1.82, 2.24) is 10.6 Å². The summed E-state index contributed by atoms with van der Waals surface area (Å²) < 4.78 is 22.8. The molecule has 2 aliphatic rings. The first-order valence-electron chi connectivity index (χ1n) is 6.15. The Labute approximate surface area is 98.1 Å². The first kappa shape index (κ1) is 12.3. The smallest absolute Gasteiger partial charge is 0.152 e. The van der Waals surface area contributed by atoms with Crippen LogP contribution in [0.3, 0.4) is 0 Å². The van der Waals surface area contributed by atoms with Crippen LogP contribution in [-0.2, 0) is 9.84 Å². The quantitative estimate of drug-likeness (QED) is 0.741. The zero-order valence-electron chi connectivity index (χ0n) is 9.96. The second-order valence-electron chi connectivity index (χ2n) is 5.48. The molecule has 16 heavy (non-hydrogen) atoms. The highest BCUT2D eigenvalue weighted by Crippen LogP contribution is 2.23. The summed E-state index contributed by atoms with van der Waals surface area (Å²) in [6, 6.07) is 0. The van der Waals surface area contributed by atoms with Crippen molar-refractivity contribution in [2.24, 2.45) is 5.92 Å². The summed E-state index contributed by atoms with van der Waals surface area (Å²) in [5.74, 6) is 1.43. The third-order valence-electron chi connectivity index (χ3n) is 3.77. The fourth-order valence-corrected chi connectivity index (χ4v) is 4.81. The topological polar surface area (TPSA) is 58.2 Å². The van der Waals surface area contributed by atoms with Gasteiger partial charge in [0.1, 0.15) is 0 Å². The van der Waals surface area contributed by atoms with E-state index in [-0.39, 0.29) is 5.54 Å². The van der Waals surface area contributed by atoms with E-state index in [0.29, 0.717) is 11.5 Å². The molecule has 2 unspecified atom stereocenters. The van der Waals surface area contributed by atoms with Gasteiger partial charge in [0.15, 0.2) is 9.84 Å². The molecule has 2 aliphatic heterocycles. The van der Waals surface area contributed by atoms with Gasteiger partial charge < -0.3 is 10.6 Å². The van der Waals surface area contributed by atoms with Crippen LogP contribution in [0.4, 0.5) is 0 Å². The van der Waals surface area contributed by atoms with Crippen molar-refractivity contribution < 1.29 is 8.42 Å². The summed E-state index contributed by atoms with van der Waals surface area (Å²) in [5.41, 5.74) is -0.176. The molecule has 5 heteroatoms. The van der Waals surface area contributed by atoms with Crippen molar-refractivity contribution in [3.05, 3.63) is 0 Å². The maximum Gasteiger partial charge on any atom is 0.152 e. The predicted octanol–water partition coefficient (Wildman–Crippen LogP) is 0.153. The van der Waals surface area contributed by atoms with E-state index in [1.807, 2.05) is 6.92 Å². The van der Waals surface area contributed by atoms with Crippen molar-refractivity contribution >= 4 is 9.84 Å². The summed E-state index contributed by atoms with van der Waals surface area (Å²) in [7, 11) is -2.78. The SMILES string of the molecule is CC1(NCCC2CCNC2)CCS(=O)(=O)C1. The van der Waals surface area contributed by atoms with Gasteiger partial charge in [-0.15, -0.1) is 0 Å². The minimum absolute atomic E-state index is 0.176. The van der Waals surface area contributed by atoms with Gasteiger partial charge in [-0.2, -0.15) is 0 Å². The lowest BCUT2D eigenvalue weighted by molar-refractivity contribution is 0.373. The van der Waals surface area contributed by atoms with Crippen LogP contribution in [0.15, 0.2) is 0 Å². The first-order chi connectivity index (χ1) is 7.49. The molecule has 2 N–H and O–H groups in total. The molecule has 2 rings (SSSR count). The van der Waals surface area contributed by atoms with Crippen LogP contribution in [-0.4, -0.2) is 45.1 Å². The molecule has 2 saturated heterocycles. The Morgan fingerprint density at radius 2 is 2.31 bits per heavy atom. The summed E-state index contributed by atoms with van der Waals surface area (Å²) >= 11 is 0. The van der Waals surface area contributed by atoms with E-state index in [4.69, 9.17) is 0 Å². The van der Waals surface area contributed by atoms with Gasteiger partial charge in [-0.05, 0) is 51.7 Å². The van der Waals surface area contributed by atoms with Gasteiger partial charge in [-0.3, -0.25) is 0 Å². The largest absolute Gasteiger partial charge is 0.316 e. The van der Waals surface area contributed by atoms with E-state index in [9.17, 15) is 8.42 Å². The van der Waals surface area contributed by atoms with Crippen molar-refractivity contribution in [3.63, 3.8) is 0 Å². The third kappa shape index (κ3) is 3.18. The second kappa shape index (κ2) is 4.63. The van der Waals surface area contributed by atoms with Crippen molar-refractivity contribution in [2.75, 3.05) is 31.1 Å². The van der Waals surface area contributed by atoms with Crippen LogP contribution in [0.2, 0.25) is 0 Å². The van der Waals surface area contributed by atoms with Crippen molar-refractivity contribution in [1.29, 1.82) is 0 Å². The van der Waals surface area contributed by atoms with E-state index in [2.05, 4.69) is 10.6 Å². The zero-order chi connectivity index (χ0) is 11.6. The highest BCUT2D eigenvalue weighted by atomic mass is 32.2. The van der Waals surface area contributed by atoms with Gasteiger partial charge in [0, 0.05) is 5.54 Å². The molecule has 4 nitrogen and oxygen atoms in total. The van der Waals surface area contributed by atoms with E-state index in [1.54, 1.807) is 0 Å². The maximum atomic E-state index is 11.4. The molecule has 0 aromatic carbocycles. The van der Waals surface area contributed by atoms with Crippen LogP contribution in [0.5, 0.6) is 0 Å². The third-order valence-corrected chi connectivity index (χ3v) is 5.67. The Morgan fingerprint density at radius 3 is 2.88 bits per heavy atom. The lowest BCUT2D eigenvalue weighted by Gasteiger charge is -2.24. The van der Waals surface area contributed by atoms with Crippen molar-refractivity contribution in [3.8, 4) is 0 Å². The Hall–Kier alpha value is -0.130. The summed E-state index contributed by atoms with van der Waals surface area (Å²) in [4.78, 5) is 0. The van der Waals surface area contributed by atoms with Gasteiger partial charge in [0.2, 0.25) is 0 Å². The molecular weight excluding hydrogens is 224 g/mol. The minimum Gasteiger partial charge on any atom is -0.316 e. The molecule has 0 aromatic rings. The number of hydrogen-bond donors (Lipinski definition) is 2. The van der Waals surface area contributed by atoms with Crippen LogP contribution < -0.4 is 10.6 Å². The van der Waals surface area contributed by atoms with Gasteiger partial charge in [-0.25, -0.2) is 8.42 Å². The molecule has 2 atom stereocenters. The van der Waals surface area contributed by atoms with Crippen LogP contribution in [0.1, 0.15) is 26.2 Å². The normalized spacial score (nSPS) is 37.9. The molecule has 2 heterocycles. The van der Waals surface area contributed by atoms with Crippen molar-refractivity contribution in [2.45, 2.75) is 31.7 Å². The number of hydrogen-bond acceptors (Lipinski definition) is 4. The molecule has 0 radical (unpaired) electrons. The maximum absolute atomic E-state index is 11.4. The summed E-state index contributed by atoms with van der Waals surface area (Å²) in [6.45, 7) is 5.23. The van der Waals surface area contributed by atoms with Crippen LogP contribution in [0, 0.1) is 5.92 Å². The van der Waals surface area contributed by atoms with E-state index >= 15 is 0 Å². The second-order valence-corrected chi connectivity index (χ2v) is 7.66. The molecule has 0 amide bonds. The predicted molar refractivity (Wildman–Crippen MR) is 65.3 cm³/mol. The molecule has 0 aliphatic carbocycles. The minimum atomic E-state index is -2.78. The fraction of sp³-hybridized carbons (Fsp3) is 1.00. The monoisotopic (exact) mass is 246 g/mol. The van der Waals surface area contributed by atoms with Gasteiger partial charge in [0.05, 0.1) is 11.5 Å². The Kier molecular flexibility index (Phi) is 3.56. The molecule has 0 saturated carbocycles. The molecule has 0 aromatic heterocycles. The van der Waals surface area contributed by atoms with Gasteiger partial charge in [0.25, 0.3) is 0 Å². The molecule has 0 spiro atoms. The molecule has 0 bridgehead atoms. The average Bonchev–Trinajstić information content (AvgIpc) is 2.75. The Bertz CT molecular complexity index is 336. The summed E-state index contributed by atoms with van der Waals surface area (Å²) in [6.07, 6.45) is 3.18. The first-order valence-corrected chi connectivity index (χ1v) is 7.97. The van der Waals surface area contributed by atoms with E-state index in [1.165, 1.54) is 6.42 Å². The Balaban J connectivity index is 1.73. The van der Waals surface area contributed by atoms with Crippen LogP contribution >= 0.6 is 0 Å². The number of nitrogens with one attached hydrogen (secondary N) is 2. The zero-order valence-corrected chi connectivity index (χ0v) is 10.8. The Morgan fingerprint density at radius 1 is 1.50 bits per heavy atom. The highest BCUT2D eigenvalue weighted by molar-refractivity contribution is 7.91. The number of sulfone groups is 1. The van der Waals surface area contributed by atoms with Gasteiger partial charge >= 0.3 is 0 Å². The molecular formula is C11H22N2O2S. The summed E-state index contributed by atoms with van der Waals surface area (Å²) in [5, 5.41) is 6.78. The van der Waals surface area contributed by atoms with Crippen LogP contribution in [0.25, 0.3) is 0 Å². The van der Waals surface area contributed by atoms with Gasteiger partial charge in [-0.1, -0.05) is 0 Å². The average molecular weight is 246 g/mol. The lowest BCUT2D eigenvalue weighted by atomic mass is 10.00.